The van der Waals surface area contributed by atoms with Gasteiger partial charge in [0.05, 0.1) is 11.6 Å². The molecule has 1 aromatic rings. The predicted octanol–water partition coefficient (Wildman–Crippen LogP) is 2.70. The van der Waals surface area contributed by atoms with E-state index in [1.165, 1.54) is 0 Å². The molecule has 0 fully saturated rings. The fraction of sp³-hybridized carbons (Fsp3) is 0.500. The molecule has 0 heterocycles. The minimum Gasteiger partial charge on any atom is -0.381 e. The number of nitriles is 1. The maximum absolute atomic E-state index is 8.72. The fourth-order valence-corrected chi connectivity index (χ4v) is 1.84. The summed E-state index contributed by atoms with van der Waals surface area (Å²) in [5.41, 5.74) is 1.77. The normalized spacial score (nSPS) is 12.2. The summed E-state index contributed by atoms with van der Waals surface area (Å²) in [7, 11) is 0. The van der Waals surface area contributed by atoms with E-state index < -0.39 is 0 Å². The van der Waals surface area contributed by atoms with Gasteiger partial charge in [0.2, 0.25) is 0 Å². The standard InChI is InChI=1S/C14H21N3/c1-4-17(5-2)11-12(3)16-14-8-6-13(10-15)7-9-14/h6-9,12,16H,4-5,11H2,1-3H3. The quantitative estimate of drug-likeness (QED) is 0.818. The summed E-state index contributed by atoms with van der Waals surface area (Å²) in [5, 5.41) is 12.2. The zero-order valence-corrected chi connectivity index (χ0v) is 10.9. The van der Waals surface area contributed by atoms with E-state index in [2.05, 4.69) is 37.1 Å². The van der Waals surface area contributed by atoms with Crippen LogP contribution >= 0.6 is 0 Å². The molecule has 0 spiro atoms. The summed E-state index contributed by atoms with van der Waals surface area (Å²) >= 11 is 0. The Bertz CT molecular complexity index is 360. The Hall–Kier alpha value is -1.53. The van der Waals surface area contributed by atoms with Gasteiger partial charge in [0.25, 0.3) is 0 Å². The molecule has 1 atom stereocenters. The van der Waals surface area contributed by atoms with Gasteiger partial charge in [-0.25, -0.2) is 0 Å². The van der Waals surface area contributed by atoms with Crippen LogP contribution < -0.4 is 5.32 Å². The van der Waals surface area contributed by atoms with Crippen LogP contribution in [0.15, 0.2) is 24.3 Å². The van der Waals surface area contributed by atoms with Crippen LogP contribution in [0.4, 0.5) is 5.69 Å². The lowest BCUT2D eigenvalue weighted by atomic mass is 10.2. The maximum atomic E-state index is 8.72. The molecule has 0 aliphatic carbocycles. The first kappa shape index (κ1) is 13.5. The van der Waals surface area contributed by atoms with E-state index in [4.69, 9.17) is 5.26 Å². The van der Waals surface area contributed by atoms with Gasteiger partial charge in [-0.1, -0.05) is 13.8 Å². The molecule has 0 saturated carbocycles. The highest BCUT2D eigenvalue weighted by molar-refractivity contribution is 5.47. The molecule has 3 heteroatoms. The van der Waals surface area contributed by atoms with Crippen LogP contribution in [0.25, 0.3) is 0 Å². The lowest BCUT2D eigenvalue weighted by Crippen LogP contribution is -2.34. The van der Waals surface area contributed by atoms with Crippen LogP contribution in [-0.2, 0) is 0 Å². The number of anilines is 1. The van der Waals surface area contributed by atoms with E-state index in [0.717, 1.165) is 25.3 Å². The monoisotopic (exact) mass is 231 g/mol. The molecule has 0 aromatic heterocycles. The predicted molar refractivity (Wildman–Crippen MR) is 72.0 cm³/mol. The van der Waals surface area contributed by atoms with Crippen molar-refractivity contribution in [3.8, 4) is 6.07 Å². The van der Waals surface area contributed by atoms with E-state index in [0.29, 0.717) is 11.6 Å². The molecule has 0 aliphatic rings. The average Bonchev–Trinajstić information content (AvgIpc) is 2.37. The first-order chi connectivity index (χ1) is 8.19. The van der Waals surface area contributed by atoms with Gasteiger partial charge in [0, 0.05) is 18.3 Å². The van der Waals surface area contributed by atoms with Gasteiger partial charge in [0.1, 0.15) is 0 Å². The van der Waals surface area contributed by atoms with Gasteiger partial charge in [-0.15, -0.1) is 0 Å². The second kappa shape index (κ2) is 6.93. The number of rotatable bonds is 6. The van der Waals surface area contributed by atoms with E-state index in [-0.39, 0.29) is 0 Å². The summed E-state index contributed by atoms with van der Waals surface area (Å²) in [4.78, 5) is 2.39. The highest BCUT2D eigenvalue weighted by Gasteiger charge is 2.06. The Morgan fingerprint density at radius 1 is 1.24 bits per heavy atom. The largest absolute Gasteiger partial charge is 0.381 e. The van der Waals surface area contributed by atoms with Gasteiger partial charge in [-0.3, -0.25) is 0 Å². The number of hydrogen-bond donors (Lipinski definition) is 1. The van der Waals surface area contributed by atoms with Crippen LogP contribution in [0, 0.1) is 11.3 Å². The number of hydrogen-bond acceptors (Lipinski definition) is 3. The van der Waals surface area contributed by atoms with Crippen molar-refractivity contribution >= 4 is 5.69 Å². The number of nitrogens with zero attached hydrogens (tertiary/aromatic N) is 2. The van der Waals surface area contributed by atoms with Crippen molar-refractivity contribution in [1.82, 2.24) is 4.90 Å². The van der Waals surface area contributed by atoms with Crippen molar-refractivity contribution in [1.29, 1.82) is 5.26 Å². The lowest BCUT2D eigenvalue weighted by molar-refractivity contribution is 0.295. The van der Waals surface area contributed by atoms with Crippen molar-refractivity contribution in [2.45, 2.75) is 26.8 Å². The SMILES string of the molecule is CCN(CC)CC(C)Nc1ccc(C#N)cc1. The fourth-order valence-electron chi connectivity index (χ4n) is 1.84. The number of benzene rings is 1. The van der Waals surface area contributed by atoms with Gasteiger partial charge in [-0.2, -0.15) is 5.26 Å². The molecule has 3 nitrogen and oxygen atoms in total. The molecular weight excluding hydrogens is 210 g/mol. The van der Waals surface area contributed by atoms with E-state index in [9.17, 15) is 0 Å². The van der Waals surface area contributed by atoms with Gasteiger partial charge >= 0.3 is 0 Å². The summed E-state index contributed by atoms with van der Waals surface area (Å²) < 4.78 is 0. The van der Waals surface area contributed by atoms with E-state index in [1.807, 2.05) is 24.3 Å². The molecule has 0 aliphatic heterocycles. The molecule has 1 rings (SSSR count). The summed E-state index contributed by atoms with van der Waals surface area (Å²) in [5.74, 6) is 0. The third kappa shape index (κ3) is 4.46. The topological polar surface area (TPSA) is 39.1 Å². The first-order valence-electron chi connectivity index (χ1n) is 6.18. The molecular formula is C14H21N3. The Kier molecular flexibility index (Phi) is 5.51. The second-order valence-corrected chi connectivity index (χ2v) is 4.22. The highest BCUT2D eigenvalue weighted by atomic mass is 15.1. The lowest BCUT2D eigenvalue weighted by Gasteiger charge is -2.24. The zero-order chi connectivity index (χ0) is 12.7. The molecule has 0 radical (unpaired) electrons. The Morgan fingerprint density at radius 2 is 1.82 bits per heavy atom. The summed E-state index contributed by atoms with van der Waals surface area (Å²) in [6, 6.07) is 10.1. The third-order valence-electron chi connectivity index (χ3n) is 2.85. The van der Waals surface area contributed by atoms with Crippen LogP contribution in [0.3, 0.4) is 0 Å². The Labute approximate surface area is 104 Å². The minimum absolute atomic E-state index is 0.405. The van der Waals surface area contributed by atoms with Gasteiger partial charge < -0.3 is 10.2 Å². The zero-order valence-electron chi connectivity index (χ0n) is 10.9. The molecule has 0 bridgehead atoms. The molecule has 17 heavy (non-hydrogen) atoms. The smallest absolute Gasteiger partial charge is 0.0991 e. The summed E-state index contributed by atoms with van der Waals surface area (Å²) in [6.07, 6.45) is 0. The minimum atomic E-state index is 0.405. The van der Waals surface area contributed by atoms with Gasteiger partial charge in [0.15, 0.2) is 0 Å². The van der Waals surface area contributed by atoms with Crippen LogP contribution in [0.2, 0.25) is 0 Å². The molecule has 1 aromatic carbocycles. The molecule has 0 amide bonds. The van der Waals surface area contributed by atoms with Gasteiger partial charge in [-0.05, 0) is 44.3 Å². The van der Waals surface area contributed by atoms with Crippen molar-refractivity contribution in [3.05, 3.63) is 29.8 Å². The number of likely N-dealkylation sites (N-methyl/N-ethyl adjacent to an activating group) is 1. The first-order valence-corrected chi connectivity index (χ1v) is 6.18. The molecule has 1 N–H and O–H groups in total. The van der Waals surface area contributed by atoms with Crippen LogP contribution in [0.1, 0.15) is 26.3 Å². The van der Waals surface area contributed by atoms with Crippen molar-refractivity contribution < 1.29 is 0 Å². The second-order valence-electron chi connectivity index (χ2n) is 4.22. The van der Waals surface area contributed by atoms with E-state index in [1.54, 1.807) is 0 Å². The van der Waals surface area contributed by atoms with Crippen molar-refractivity contribution in [2.75, 3.05) is 25.0 Å². The molecule has 1 unspecified atom stereocenters. The average molecular weight is 231 g/mol. The third-order valence-corrected chi connectivity index (χ3v) is 2.85. The molecule has 0 saturated heterocycles. The Balaban J connectivity index is 2.50. The van der Waals surface area contributed by atoms with Crippen molar-refractivity contribution in [2.24, 2.45) is 0 Å². The van der Waals surface area contributed by atoms with E-state index >= 15 is 0 Å². The summed E-state index contributed by atoms with van der Waals surface area (Å²) in [6.45, 7) is 9.73. The van der Waals surface area contributed by atoms with Crippen LogP contribution in [-0.4, -0.2) is 30.6 Å². The molecule has 92 valence electrons. The van der Waals surface area contributed by atoms with Crippen LogP contribution in [0.5, 0.6) is 0 Å². The Morgan fingerprint density at radius 3 is 2.29 bits per heavy atom. The van der Waals surface area contributed by atoms with Crippen molar-refractivity contribution in [3.63, 3.8) is 0 Å². The number of nitrogens with one attached hydrogen (secondary N) is 1. The maximum Gasteiger partial charge on any atom is 0.0991 e. The highest BCUT2D eigenvalue weighted by Crippen LogP contribution is 2.10.